The molecule has 0 bridgehead atoms. The molecule has 1 amide bonds. The summed E-state index contributed by atoms with van der Waals surface area (Å²) in [6.45, 7) is 6.48. The summed E-state index contributed by atoms with van der Waals surface area (Å²) in [5, 5.41) is 4.93. The molecule has 0 aliphatic carbocycles. The lowest BCUT2D eigenvalue weighted by Crippen LogP contribution is -2.24. The minimum atomic E-state index is 0.00218. The fraction of sp³-hybridized carbons (Fsp3) is 0.333. The highest BCUT2D eigenvalue weighted by molar-refractivity contribution is 7.12. The Morgan fingerprint density at radius 3 is 2.76 bits per heavy atom. The van der Waals surface area contributed by atoms with Gasteiger partial charge in [0.05, 0.1) is 22.5 Å². The summed E-state index contributed by atoms with van der Waals surface area (Å²) in [7, 11) is 0. The van der Waals surface area contributed by atoms with Gasteiger partial charge >= 0.3 is 0 Å². The van der Waals surface area contributed by atoms with Gasteiger partial charge in [-0.1, -0.05) is 30.3 Å². The van der Waals surface area contributed by atoms with Crippen LogP contribution in [0.25, 0.3) is 11.0 Å². The van der Waals surface area contributed by atoms with Crippen LogP contribution in [-0.4, -0.2) is 28.6 Å². The quantitative estimate of drug-likeness (QED) is 0.281. The van der Waals surface area contributed by atoms with E-state index >= 15 is 0 Å². The normalized spacial score (nSPS) is 11.1. The van der Waals surface area contributed by atoms with Gasteiger partial charge < -0.3 is 14.6 Å². The van der Waals surface area contributed by atoms with Crippen LogP contribution < -0.4 is 10.1 Å². The van der Waals surface area contributed by atoms with Crippen LogP contribution >= 0.6 is 11.3 Å². The van der Waals surface area contributed by atoms with Crippen LogP contribution in [0.3, 0.4) is 0 Å². The van der Waals surface area contributed by atoms with Crippen molar-refractivity contribution in [1.29, 1.82) is 0 Å². The van der Waals surface area contributed by atoms with Gasteiger partial charge in [-0.05, 0) is 73.9 Å². The summed E-state index contributed by atoms with van der Waals surface area (Å²) in [5.74, 6) is 2.06. The molecule has 0 aliphatic rings. The second-order valence-electron chi connectivity index (χ2n) is 8.26. The number of rotatable bonds is 11. The molecule has 0 fully saturated rings. The maximum absolute atomic E-state index is 12.1. The topological polar surface area (TPSA) is 56.1 Å². The smallest absolute Gasteiger partial charge is 0.261 e. The van der Waals surface area contributed by atoms with Crippen LogP contribution in [0.5, 0.6) is 5.75 Å². The maximum Gasteiger partial charge on any atom is 0.261 e. The van der Waals surface area contributed by atoms with Gasteiger partial charge in [-0.2, -0.15) is 0 Å². The zero-order valence-electron chi connectivity index (χ0n) is 19.3. The number of nitrogens with one attached hydrogen (secondary N) is 1. The number of imidazole rings is 1. The van der Waals surface area contributed by atoms with E-state index in [9.17, 15) is 4.79 Å². The van der Waals surface area contributed by atoms with Gasteiger partial charge in [0, 0.05) is 19.5 Å². The molecule has 0 saturated heterocycles. The van der Waals surface area contributed by atoms with Crippen LogP contribution in [0.2, 0.25) is 0 Å². The molecular formula is C27H31N3O2S. The number of hydrogen-bond acceptors (Lipinski definition) is 4. The lowest BCUT2D eigenvalue weighted by Gasteiger charge is -2.12. The van der Waals surface area contributed by atoms with Crippen molar-refractivity contribution < 1.29 is 9.53 Å². The summed E-state index contributed by atoms with van der Waals surface area (Å²) in [6.07, 6.45) is 3.69. The molecular weight excluding hydrogens is 430 g/mol. The summed E-state index contributed by atoms with van der Waals surface area (Å²) in [6, 6.07) is 18.2. The number of carbonyl (C=O) groups excluding carboxylic acids is 1. The van der Waals surface area contributed by atoms with E-state index in [1.165, 1.54) is 28.0 Å². The minimum absolute atomic E-state index is 0.00218. The molecule has 2 heterocycles. The molecule has 0 aliphatic heterocycles. The van der Waals surface area contributed by atoms with Crippen LogP contribution in [0.4, 0.5) is 0 Å². The van der Waals surface area contributed by atoms with E-state index < -0.39 is 0 Å². The van der Waals surface area contributed by atoms with E-state index in [1.54, 1.807) is 0 Å². The Morgan fingerprint density at radius 2 is 1.91 bits per heavy atom. The third kappa shape index (κ3) is 5.82. The first-order valence-corrected chi connectivity index (χ1v) is 12.5. The Labute approximate surface area is 199 Å². The highest BCUT2D eigenvalue weighted by Gasteiger charge is 2.11. The number of amides is 1. The van der Waals surface area contributed by atoms with E-state index in [1.807, 2.05) is 35.7 Å². The van der Waals surface area contributed by atoms with Gasteiger partial charge in [-0.25, -0.2) is 4.98 Å². The molecule has 2 aromatic carbocycles. The Morgan fingerprint density at radius 1 is 1.03 bits per heavy atom. The summed E-state index contributed by atoms with van der Waals surface area (Å²) in [4.78, 5) is 17.8. The number of aryl methyl sites for hydroxylation is 3. The Bertz CT molecular complexity index is 1200. The molecule has 4 aromatic rings. The van der Waals surface area contributed by atoms with Crippen molar-refractivity contribution in [2.75, 3.05) is 13.2 Å². The monoisotopic (exact) mass is 461 g/mol. The van der Waals surface area contributed by atoms with Crippen LogP contribution in [0, 0.1) is 13.8 Å². The van der Waals surface area contributed by atoms with E-state index in [0.29, 0.717) is 13.2 Å². The van der Waals surface area contributed by atoms with Gasteiger partial charge in [0.15, 0.2) is 0 Å². The second-order valence-corrected chi connectivity index (χ2v) is 9.21. The van der Waals surface area contributed by atoms with Gasteiger partial charge in [0.2, 0.25) is 0 Å². The van der Waals surface area contributed by atoms with Gasteiger partial charge in [-0.15, -0.1) is 11.3 Å². The van der Waals surface area contributed by atoms with E-state index in [4.69, 9.17) is 9.72 Å². The summed E-state index contributed by atoms with van der Waals surface area (Å²) < 4.78 is 8.35. The molecule has 1 N–H and O–H groups in total. The molecule has 6 heteroatoms. The first kappa shape index (κ1) is 23.1. The van der Waals surface area contributed by atoms with Crippen LogP contribution in [0.15, 0.2) is 60.0 Å². The van der Waals surface area contributed by atoms with Crippen LogP contribution in [-0.2, 0) is 13.0 Å². The lowest BCUT2D eigenvalue weighted by molar-refractivity contribution is 0.0957. The van der Waals surface area contributed by atoms with E-state index in [2.05, 4.69) is 48.0 Å². The van der Waals surface area contributed by atoms with Crippen molar-refractivity contribution >= 4 is 28.3 Å². The standard InChI is InChI=1S/C27H31N3O2S/c1-20-10-7-13-24(21(20)2)32-18-6-5-17-30-23-12-4-3-11-22(23)29-26(30)15-8-16-28-27(31)25-14-9-19-33-25/h3-4,7,9-14,19H,5-6,8,15-18H2,1-2H3,(H,28,31). The van der Waals surface area contributed by atoms with Gasteiger partial charge in [0.1, 0.15) is 11.6 Å². The van der Waals surface area contributed by atoms with E-state index in [-0.39, 0.29) is 5.91 Å². The number of unbranched alkanes of at least 4 members (excludes halogenated alkanes) is 1. The number of benzene rings is 2. The molecule has 0 spiro atoms. The predicted octanol–water partition coefficient (Wildman–Crippen LogP) is 5.94. The Balaban J connectivity index is 1.30. The first-order valence-electron chi connectivity index (χ1n) is 11.6. The van der Waals surface area contributed by atoms with Gasteiger partial charge in [0.25, 0.3) is 5.91 Å². The molecule has 0 unspecified atom stereocenters. The zero-order chi connectivity index (χ0) is 23.0. The van der Waals surface area contributed by atoms with Crippen molar-refractivity contribution in [3.05, 3.63) is 81.8 Å². The van der Waals surface area contributed by atoms with Crippen molar-refractivity contribution in [3.8, 4) is 5.75 Å². The number of fused-ring (bicyclic) bond motifs is 1. The van der Waals surface area contributed by atoms with Gasteiger partial charge in [-0.3, -0.25) is 4.79 Å². The third-order valence-electron chi connectivity index (χ3n) is 5.93. The summed E-state index contributed by atoms with van der Waals surface area (Å²) >= 11 is 1.47. The fourth-order valence-corrected chi connectivity index (χ4v) is 4.58. The number of carbonyl (C=O) groups is 1. The largest absolute Gasteiger partial charge is 0.493 e. The first-order chi connectivity index (χ1) is 16.1. The molecule has 4 rings (SSSR count). The molecule has 33 heavy (non-hydrogen) atoms. The number of ether oxygens (including phenoxy) is 1. The number of aromatic nitrogens is 2. The highest BCUT2D eigenvalue weighted by atomic mass is 32.1. The highest BCUT2D eigenvalue weighted by Crippen LogP contribution is 2.21. The lowest BCUT2D eigenvalue weighted by atomic mass is 10.1. The molecule has 2 aromatic heterocycles. The molecule has 0 radical (unpaired) electrons. The molecule has 0 atom stereocenters. The minimum Gasteiger partial charge on any atom is -0.493 e. The van der Waals surface area contributed by atoms with Crippen molar-refractivity contribution in [3.63, 3.8) is 0 Å². The van der Waals surface area contributed by atoms with Crippen molar-refractivity contribution in [2.24, 2.45) is 0 Å². The number of para-hydroxylation sites is 2. The molecule has 5 nitrogen and oxygen atoms in total. The summed E-state index contributed by atoms with van der Waals surface area (Å²) in [5.41, 5.74) is 4.67. The average Bonchev–Trinajstić information content (AvgIpc) is 3.48. The number of hydrogen-bond donors (Lipinski definition) is 1. The number of nitrogens with zero attached hydrogens (tertiary/aromatic N) is 2. The average molecular weight is 462 g/mol. The molecule has 0 saturated carbocycles. The number of thiophene rings is 1. The Hall–Kier alpha value is -3.12. The van der Waals surface area contributed by atoms with E-state index in [0.717, 1.165) is 54.2 Å². The fourth-order valence-electron chi connectivity index (χ4n) is 3.94. The zero-order valence-corrected chi connectivity index (χ0v) is 20.2. The SMILES string of the molecule is Cc1cccc(OCCCCn2c(CCCNC(=O)c3cccs3)nc3ccccc32)c1C. The van der Waals surface area contributed by atoms with Crippen molar-refractivity contribution in [1.82, 2.24) is 14.9 Å². The second kappa shape index (κ2) is 11.1. The molecule has 172 valence electrons. The predicted molar refractivity (Wildman–Crippen MR) is 135 cm³/mol. The third-order valence-corrected chi connectivity index (χ3v) is 6.80. The van der Waals surface area contributed by atoms with Crippen molar-refractivity contribution in [2.45, 2.75) is 46.1 Å². The Kier molecular flexibility index (Phi) is 7.79. The van der Waals surface area contributed by atoms with Crippen LogP contribution in [0.1, 0.15) is 45.9 Å². The maximum atomic E-state index is 12.1.